The van der Waals surface area contributed by atoms with Crippen molar-refractivity contribution in [3.63, 3.8) is 0 Å². The van der Waals surface area contributed by atoms with Crippen LogP contribution in [0.4, 0.5) is 5.69 Å². The Morgan fingerprint density at radius 1 is 1.11 bits per heavy atom. The second-order valence-corrected chi connectivity index (χ2v) is 4.95. The molecule has 0 bridgehead atoms. The predicted octanol–water partition coefficient (Wildman–Crippen LogP) is 3.30. The average Bonchev–Trinajstić information content (AvgIpc) is 2.93. The first-order chi connectivity index (χ1) is 8.31. The van der Waals surface area contributed by atoms with E-state index in [-0.39, 0.29) is 32.7 Å². The summed E-state index contributed by atoms with van der Waals surface area (Å²) in [5, 5.41) is 9.22. The third-order valence-electron chi connectivity index (χ3n) is 3.58. The molecule has 0 fully saturated rings. The molecule has 2 aliphatic rings. The van der Waals surface area contributed by atoms with Gasteiger partial charge in [-0.15, -0.1) is 0 Å². The molecule has 5 heteroatoms. The monoisotopic (exact) mass is 340 g/mol. The molecule has 18 heavy (non-hydrogen) atoms. The smallest absolute Gasteiger partial charge is 0.0671 e. The van der Waals surface area contributed by atoms with Crippen molar-refractivity contribution in [1.82, 2.24) is 0 Å². The molecule has 0 spiro atoms. The largest absolute Gasteiger partial charge is 0.612 e. The normalized spacial score (nSPS) is 15.1. The molecule has 1 radical (unpaired) electrons. The van der Waals surface area contributed by atoms with Crippen LogP contribution in [0, 0.1) is 0 Å². The van der Waals surface area contributed by atoms with Gasteiger partial charge in [0.25, 0.3) is 0 Å². The number of aryl methyl sites for hydroxylation is 2. The van der Waals surface area contributed by atoms with Crippen LogP contribution in [0.5, 0.6) is 0 Å². The topological polar surface area (TPSA) is 46.4 Å². The summed E-state index contributed by atoms with van der Waals surface area (Å²) in [6.07, 6.45) is 7.13. The first-order valence-electron chi connectivity index (χ1n) is 6.11. The Kier molecular flexibility index (Phi) is 7.18. The summed E-state index contributed by atoms with van der Waals surface area (Å²) < 4.78 is 3.19. The van der Waals surface area contributed by atoms with Crippen molar-refractivity contribution in [3.8, 4) is 0 Å². The number of rotatable bonds is 1. The fraction of sp³-hybridized carbons (Fsp3) is 0.538. The number of anilines is 1. The minimum absolute atomic E-state index is 0. The quantitative estimate of drug-likeness (QED) is 0.543. The minimum Gasteiger partial charge on any atom is -0.612 e. The van der Waals surface area contributed by atoms with E-state index in [9.17, 15) is 5.21 Å². The summed E-state index contributed by atoms with van der Waals surface area (Å²) in [7, 11) is 1.61. The summed E-state index contributed by atoms with van der Waals surface area (Å²) in [5.74, 6) is 0. The molecular formula is C13H19N2OSY-. The maximum absolute atomic E-state index is 9.22. The van der Waals surface area contributed by atoms with Crippen LogP contribution in [0.2, 0.25) is 0 Å². The third-order valence-corrected chi connectivity index (χ3v) is 3.58. The van der Waals surface area contributed by atoms with Crippen LogP contribution in [-0.4, -0.2) is 12.3 Å². The van der Waals surface area contributed by atoms with Crippen molar-refractivity contribution in [3.05, 3.63) is 33.0 Å². The average molecular weight is 340 g/mol. The van der Waals surface area contributed by atoms with E-state index in [4.69, 9.17) is 0 Å². The fourth-order valence-corrected chi connectivity index (χ4v) is 2.95. The Morgan fingerprint density at radius 2 is 1.56 bits per heavy atom. The van der Waals surface area contributed by atoms with E-state index >= 15 is 0 Å². The van der Waals surface area contributed by atoms with Gasteiger partial charge < -0.3 is 17.5 Å². The summed E-state index contributed by atoms with van der Waals surface area (Å²) in [6.45, 7) is 0. The Morgan fingerprint density at radius 3 is 1.94 bits per heavy atom. The second-order valence-electron chi connectivity index (χ2n) is 4.55. The van der Waals surface area contributed by atoms with E-state index < -0.39 is 0 Å². The maximum atomic E-state index is 9.22. The maximum Gasteiger partial charge on any atom is 0.0671 e. The van der Waals surface area contributed by atoms with Crippen LogP contribution in [0.3, 0.4) is 0 Å². The Labute approximate surface area is 140 Å². The van der Waals surface area contributed by atoms with Crippen LogP contribution in [0.15, 0.2) is 6.07 Å². The third kappa shape index (κ3) is 3.28. The van der Waals surface area contributed by atoms with Crippen molar-refractivity contribution in [2.75, 3.05) is 12.5 Å². The molecule has 0 amide bonds. The molecule has 0 saturated carbocycles. The number of hydrogen-bond donors (Lipinski definition) is 3. The zero-order valence-electron chi connectivity index (χ0n) is 10.7. The molecule has 1 aromatic rings. The SMILES string of the molecule is C[N-]S.ONc1c2c(cc3c1CCC3)CCC2.[Y]. The summed E-state index contributed by atoms with van der Waals surface area (Å²) >= 11 is 3.41. The molecule has 0 heterocycles. The second kappa shape index (κ2) is 7.86. The van der Waals surface area contributed by atoms with E-state index in [1.54, 1.807) is 7.05 Å². The van der Waals surface area contributed by atoms with Gasteiger partial charge in [-0.2, -0.15) is 7.05 Å². The Balaban J connectivity index is 0.000000372. The molecule has 2 aliphatic carbocycles. The molecule has 1 aromatic carbocycles. The molecule has 0 atom stereocenters. The van der Waals surface area contributed by atoms with Crippen LogP contribution >= 0.6 is 12.8 Å². The number of thiol groups is 1. The van der Waals surface area contributed by atoms with Crippen LogP contribution in [-0.2, 0) is 58.4 Å². The van der Waals surface area contributed by atoms with Crippen LogP contribution < -0.4 is 5.48 Å². The van der Waals surface area contributed by atoms with Crippen molar-refractivity contribution in [1.29, 1.82) is 0 Å². The van der Waals surface area contributed by atoms with Crippen molar-refractivity contribution < 1.29 is 37.9 Å². The van der Waals surface area contributed by atoms with E-state index in [1.807, 2.05) is 0 Å². The van der Waals surface area contributed by atoms with Crippen LogP contribution in [0.25, 0.3) is 4.72 Å². The number of hydrogen-bond acceptors (Lipinski definition) is 3. The van der Waals surface area contributed by atoms with Crippen molar-refractivity contribution in [2.45, 2.75) is 38.5 Å². The first kappa shape index (κ1) is 16.4. The molecule has 0 unspecified atom stereocenters. The zero-order valence-corrected chi connectivity index (χ0v) is 14.5. The van der Waals surface area contributed by atoms with Gasteiger partial charge in [-0.05, 0) is 60.8 Å². The van der Waals surface area contributed by atoms with Gasteiger partial charge in [0.05, 0.1) is 5.69 Å². The van der Waals surface area contributed by atoms with E-state index in [0.29, 0.717) is 0 Å². The molecule has 3 nitrogen and oxygen atoms in total. The summed E-state index contributed by atoms with van der Waals surface area (Å²) in [6, 6.07) is 2.37. The standard InChI is InChI=1S/C12H15NO.CH4NS.Y/c14-13-12-10-5-1-3-8(10)7-9-4-2-6-11(9)12;1-2-3;/h7,13-14H,1-6H2;3H,1H3;/q;-1;. The van der Waals surface area contributed by atoms with E-state index in [2.05, 4.69) is 29.1 Å². The molecule has 0 saturated heterocycles. The summed E-state index contributed by atoms with van der Waals surface area (Å²) in [4.78, 5) is 0. The van der Waals surface area contributed by atoms with Gasteiger partial charge in [0.2, 0.25) is 0 Å². The van der Waals surface area contributed by atoms with Gasteiger partial charge in [0.1, 0.15) is 0 Å². The first-order valence-corrected chi connectivity index (χ1v) is 6.51. The van der Waals surface area contributed by atoms with Crippen LogP contribution in [0.1, 0.15) is 35.1 Å². The minimum atomic E-state index is 0. The number of nitrogens with one attached hydrogen (secondary N) is 1. The molecule has 3 rings (SSSR count). The molecule has 97 valence electrons. The Hall–Kier alpha value is 0.394. The number of benzene rings is 1. The van der Waals surface area contributed by atoms with Gasteiger partial charge in [-0.3, -0.25) is 10.7 Å². The summed E-state index contributed by atoms with van der Waals surface area (Å²) in [5.41, 5.74) is 9.12. The fourth-order valence-electron chi connectivity index (χ4n) is 2.95. The number of fused-ring (bicyclic) bond motifs is 2. The molecule has 2 N–H and O–H groups in total. The van der Waals surface area contributed by atoms with Gasteiger partial charge in [-0.25, -0.2) is 0 Å². The molecule has 0 aliphatic heterocycles. The number of nitrogens with zero attached hydrogens (tertiary/aromatic N) is 1. The zero-order chi connectivity index (χ0) is 12.3. The van der Waals surface area contributed by atoms with E-state index in [0.717, 1.165) is 18.5 Å². The Bertz CT molecular complexity index is 380. The van der Waals surface area contributed by atoms with Gasteiger partial charge in [0, 0.05) is 32.7 Å². The van der Waals surface area contributed by atoms with Gasteiger partial charge >= 0.3 is 0 Å². The van der Waals surface area contributed by atoms with Gasteiger partial charge in [-0.1, -0.05) is 6.07 Å². The molecule has 0 aromatic heterocycles. The molecular weight excluding hydrogens is 321 g/mol. The predicted molar refractivity (Wildman–Crippen MR) is 74.2 cm³/mol. The van der Waals surface area contributed by atoms with Gasteiger partial charge in [0.15, 0.2) is 0 Å². The van der Waals surface area contributed by atoms with Crippen molar-refractivity contribution in [2.24, 2.45) is 0 Å². The van der Waals surface area contributed by atoms with E-state index in [1.165, 1.54) is 47.9 Å². The van der Waals surface area contributed by atoms with Crippen molar-refractivity contribution >= 4 is 18.5 Å².